The predicted octanol–water partition coefficient (Wildman–Crippen LogP) is 6.00. The second-order valence-corrected chi connectivity index (χ2v) is 12.8. The van der Waals surface area contributed by atoms with Crippen LogP contribution in [0, 0.1) is 0 Å². The number of anilines is 2. The van der Waals surface area contributed by atoms with Gasteiger partial charge < -0.3 is 20.4 Å². The van der Waals surface area contributed by atoms with Crippen molar-refractivity contribution in [3.05, 3.63) is 107 Å². The lowest BCUT2D eigenvalue weighted by molar-refractivity contribution is -0.137. The minimum Gasteiger partial charge on any atom is -0.372 e. The number of hydrogen-bond acceptors (Lipinski definition) is 7. The van der Waals surface area contributed by atoms with E-state index in [1.807, 2.05) is 29.2 Å². The van der Waals surface area contributed by atoms with Crippen LogP contribution in [0.4, 0.5) is 24.5 Å². The number of rotatable bonds is 9. The van der Waals surface area contributed by atoms with Crippen molar-refractivity contribution in [2.24, 2.45) is 0 Å². The fourth-order valence-corrected chi connectivity index (χ4v) is 6.39. The standard InChI is InChI=1S/C38H40F3N7O3/c1-26(49)47-19-17-46(18-20-47)25-30-9-6-10-34(44-30)37(51)45-33-12-11-31(48-15-3-2-4-16-48)23-32(33)35-22-28(13-14-42-35)36(50)43-24-27-7-5-8-29(21-27)38(39,40)41/h5-14,21-23H,2-4,15-20,24-25H2,1H3,(H,43,50)(H,45,51). The number of nitrogens with zero attached hydrogens (tertiary/aromatic N) is 5. The predicted molar refractivity (Wildman–Crippen MR) is 188 cm³/mol. The summed E-state index contributed by atoms with van der Waals surface area (Å²) in [5.74, 6) is -0.813. The van der Waals surface area contributed by atoms with E-state index in [4.69, 9.17) is 0 Å². The van der Waals surface area contributed by atoms with Crippen LogP contribution in [-0.2, 0) is 24.1 Å². The van der Waals surface area contributed by atoms with E-state index in [-0.39, 0.29) is 23.7 Å². The summed E-state index contributed by atoms with van der Waals surface area (Å²) in [5, 5.41) is 5.71. The highest BCUT2D eigenvalue weighted by atomic mass is 19.4. The highest BCUT2D eigenvalue weighted by Crippen LogP contribution is 2.33. The van der Waals surface area contributed by atoms with Crippen molar-refractivity contribution < 1.29 is 27.6 Å². The van der Waals surface area contributed by atoms with E-state index in [0.717, 1.165) is 69.0 Å². The first-order valence-corrected chi connectivity index (χ1v) is 17.1. The van der Waals surface area contributed by atoms with Crippen molar-refractivity contribution in [3.8, 4) is 11.3 Å². The molecule has 4 aromatic rings. The van der Waals surface area contributed by atoms with Crippen LogP contribution in [-0.4, -0.2) is 76.8 Å². The van der Waals surface area contributed by atoms with Gasteiger partial charge in [-0.2, -0.15) is 13.2 Å². The number of halogens is 3. The first kappa shape index (κ1) is 35.5. The number of piperazine rings is 1. The molecule has 10 nitrogen and oxygen atoms in total. The maximum atomic E-state index is 13.6. The summed E-state index contributed by atoms with van der Waals surface area (Å²) in [6.45, 7) is 6.58. The molecule has 2 N–H and O–H groups in total. The lowest BCUT2D eigenvalue weighted by Gasteiger charge is -2.33. The maximum absolute atomic E-state index is 13.6. The lowest BCUT2D eigenvalue weighted by atomic mass is 10.0. The van der Waals surface area contributed by atoms with Crippen LogP contribution in [0.1, 0.15) is 63.9 Å². The molecule has 2 aromatic carbocycles. The van der Waals surface area contributed by atoms with Crippen LogP contribution in [0.2, 0.25) is 0 Å². The molecular weight excluding hydrogens is 659 g/mol. The van der Waals surface area contributed by atoms with Gasteiger partial charge in [-0.3, -0.25) is 24.3 Å². The molecule has 0 bridgehead atoms. The van der Waals surface area contributed by atoms with Crippen molar-refractivity contribution in [2.75, 3.05) is 49.5 Å². The van der Waals surface area contributed by atoms with Gasteiger partial charge in [-0.25, -0.2) is 4.98 Å². The maximum Gasteiger partial charge on any atom is 0.416 e. The largest absolute Gasteiger partial charge is 0.416 e. The number of hydrogen-bond donors (Lipinski definition) is 2. The molecule has 0 radical (unpaired) electrons. The second-order valence-electron chi connectivity index (χ2n) is 12.8. The van der Waals surface area contributed by atoms with Gasteiger partial charge in [-0.1, -0.05) is 18.2 Å². The summed E-state index contributed by atoms with van der Waals surface area (Å²) in [6, 6.07) is 19.1. The van der Waals surface area contributed by atoms with Gasteiger partial charge in [0, 0.05) is 82.3 Å². The quantitative estimate of drug-likeness (QED) is 0.221. The normalized spacial score (nSPS) is 15.4. The van der Waals surface area contributed by atoms with Crippen molar-refractivity contribution in [1.29, 1.82) is 0 Å². The Bertz CT molecular complexity index is 1890. The zero-order chi connectivity index (χ0) is 36.0. The zero-order valence-electron chi connectivity index (χ0n) is 28.4. The Balaban J connectivity index is 1.21. The topological polar surface area (TPSA) is 111 Å². The molecule has 266 valence electrons. The van der Waals surface area contributed by atoms with E-state index >= 15 is 0 Å². The molecule has 2 aliphatic rings. The zero-order valence-corrected chi connectivity index (χ0v) is 28.4. The number of piperidine rings is 1. The van der Waals surface area contributed by atoms with Crippen molar-refractivity contribution in [1.82, 2.24) is 25.1 Å². The summed E-state index contributed by atoms with van der Waals surface area (Å²) in [4.78, 5) is 54.0. The summed E-state index contributed by atoms with van der Waals surface area (Å²) in [6.07, 6.45) is 0.318. The van der Waals surface area contributed by atoms with Gasteiger partial charge in [0.25, 0.3) is 11.8 Å². The molecule has 13 heteroatoms. The van der Waals surface area contributed by atoms with E-state index in [1.165, 1.54) is 24.4 Å². The van der Waals surface area contributed by atoms with Crippen LogP contribution in [0.3, 0.4) is 0 Å². The van der Waals surface area contributed by atoms with Gasteiger partial charge in [-0.05, 0) is 79.4 Å². The number of aromatic nitrogens is 2. The fraction of sp³-hybridized carbons (Fsp3) is 0.342. The molecule has 2 fully saturated rings. The second kappa shape index (κ2) is 15.7. The number of nitrogens with one attached hydrogen (secondary N) is 2. The van der Waals surface area contributed by atoms with Crippen LogP contribution in [0.15, 0.2) is 79.0 Å². The molecule has 2 aromatic heterocycles. The highest BCUT2D eigenvalue weighted by Gasteiger charge is 2.30. The van der Waals surface area contributed by atoms with E-state index in [2.05, 4.69) is 30.4 Å². The minimum atomic E-state index is -4.48. The average molecular weight is 700 g/mol. The van der Waals surface area contributed by atoms with E-state index in [9.17, 15) is 27.6 Å². The highest BCUT2D eigenvalue weighted by molar-refractivity contribution is 6.05. The molecule has 0 unspecified atom stereocenters. The van der Waals surface area contributed by atoms with E-state index in [1.54, 1.807) is 25.1 Å². The Morgan fingerprint density at radius 2 is 1.59 bits per heavy atom. The number of pyridine rings is 2. The molecule has 0 spiro atoms. The third kappa shape index (κ3) is 9.09. The summed E-state index contributed by atoms with van der Waals surface area (Å²) >= 11 is 0. The van der Waals surface area contributed by atoms with Gasteiger partial charge in [0.1, 0.15) is 5.69 Å². The van der Waals surface area contributed by atoms with Gasteiger partial charge in [0.15, 0.2) is 0 Å². The molecule has 4 heterocycles. The first-order chi connectivity index (χ1) is 24.5. The van der Waals surface area contributed by atoms with E-state index in [0.29, 0.717) is 42.1 Å². The molecule has 0 atom stereocenters. The fourth-order valence-electron chi connectivity index (χ4n) is 6.39. The lowest BCUT2D eigenvalue weighted by Crippen LogP contribution is -2.47. The van der Waals surface area contributed by atoms with Crippen molar-refractivity contribution in [3.63, 3.8) is 0 Å². The average Bonchev–Trinajstić information content (AvgIpc) is 3.14. The summed E-state index contributed by atoms with van der Waals surface area (Å²) in [7, 11) is 0. The number of carbonyl (C=O) groups is 3. The Morgan fingerprint density at radius 3 is 2.33 bits per heavy atom. The first-order valence-electron chi connectivity index (χ1n) is 17.1. The number of amides is 3. The summed E-state index contributed by atoms with van der Waals surface area (Å²) in [5.41, 5.74) is 3.31. The molecule has 0 aliphatic carbocycles. The Labute approximate surface area is 294 Å². The Kier molecular flexibility index (Phi) is 10.9. The molecule has 51 heavy (non-hydrogen) atoms. The van der Waals surface area contributed by atoms with E-state index < -0.39 is 23.6 Å². The molecule has 6 rings (SSSR count). The van der Waals surface area contributed by atoms with Gasteiger partial charge in [-0.15, -0.1) is 0 Å². The van der Waals surface area contributed by atoms with Gasteiger partial charge in [0.05, 0.1) is 22.6 Å². The Hall–Kier alpha value is -5.30. The van der Waals surface area contributed by atoms with Crippen LogP contribution < -0.4 is 15.5 Å². The number of benzene rings is 2. The van der Waals surface area contributed by atoms with Crippen molar-refractivity contribution >= 4 is 29.1 Å². The Morgan fingerprint density at radius 1 is 0.824 bits per heavy atom. The molecular formula is C38H40F3N7O3. The third-order valence-electron chi connectivity index (χ3n) is 9.22. The number of carbonyl (C=O) groups excluding carboxylic acids is 3. The molecule has 3 amide bonds. The molecule has 2 aliphatic heterocycles. The third-order valence-corrected chi connectivity index (χ3v) is 9.22. The van der Waals surface area contributed by atoms with Crippen LogP contribution >= 0.6 is 0 Å². The molecule has 2 saturated heterocycles. The molecule has 0 saturated carbocycles. The van der Waals surface area contributed by atoms with Crippen molar-refractivity contribution in [2.45, 2.75) is 45.5 Å². The van der Waals surface area contributed by atoms with Gasteiger partial charge >= 0.3 is 6.18 Å². The van der Waals surface area contributed by atoms with Crippen LogP contribution in [0.25, 0.3) is 11.3 Å². The monoisotopic (exact) mass is 699 g/mol. The van der Waals surface area contributed by atoms with Gasteiger partial charge in [0.2, 0.25) is 5.91 Å². The number of alkyl halides is 3. The van der Waals surface area contributed by atoms with Crippen LogP contribution in [0.5, 0.6) is 0 Å². The minimum absolute atomic E-state index is 0.0639. The SMILES string of the molecule is CC(=O)N1CCN(Cc2cccc(C(=O)Nc3ccc(N4CCCCC4)cc3-c3cc(C(=O)NCc4cccc(C(F)(F)F)c4)ccn3)n2)CC1. The summed E-state index contributed by atoms with van der Waals surface area (Å²) < 4.78 is 39.6. The smallest absolute Gasteiger partial charge is 0.372 e.